The van der Waals surface area contributed by atoms with Gasteiger partial charge in [-0.2, -0.15) is 13.2 Å². The zero-order valence-electron chi connectivity index (χ0n) is 25.1. The third kappa shape index (κ3) is 7.93. The van der Waals surface area contributed by atoms with Crippen LogP contribution in [0.1, 0.15) is 59.3 Å². The van der Waals surface area contributed by atoms with Crippen molar-refractivity contribution in [2.75, 3.05) is 32.5 Å². The highest BCUT2D eigenvalue weighted by Crippen LogP contribution is 2.37. The van der Waals surface area contributed by atoms with Crippen LogP contribution in [-0.4, -0.2) is 64.8 Å². The fourth-order valence-electron chi connectivity index (χ4n) is 6.15. The van der Waals surface area contributed by atoms with Gasteiger partial charge in [0.05, 0.1) is 11.3 Å². The lowest BCUT2D eigenvalue weighted by molar-refractivity contribution is -0.138. The average molecular weight is 609 g/mol. The standard InChI is InChI=1S/C33H39F3N6O2/c1-41-16-14-27(15-17-41)42(2)31(44)24-10-12-26(13-11-24)39-32-38-21-28(33(34,35)36)29(40-32)19-23-8-9-25(18-23)30(43)37-20-22-6-4-3-5-7-22/h3-7,10-13,21,23,25,27H,8-9,14-20H2,1-2H3,(H,37,43)(H,38,39,40)/t23-,25+/m1/s1. The molecule has 5 rings (SSSR count). The molecule has 0 bridgehead atoms. The van der Waals surface area contributed by atoms with E-state index < -0.39 is 11.7 Å². The second kappa shape index (κ2) is 13.8. The number of carbonyl (C=O) groups excluding carboxylic acids is 2. The van der Waals surface area contributed by atoms with Gasteiger partial charge in [-0.15, -0.1) is 0 Å². The van der Waals surface area contributed by atoms with Gasteiger partial charge in [0.15, 0.2) is 0 Å². The number of piperidine rings is 1. The highest BCUT2D eigenvalue weighted by atomic mass is 19.4. The van der Waals surface area contributed by atoms with Crippen molar-refractivity contribution in [3.8, 4) is 0 Å². The summed E-state index contributed by atoms with van der Waals surface area (Å²) in [5.41, 5.74) is 1.14. The average Bonchev–Trinajstić information content (AvgIpc) is 3.48. The molecule has 2 heterocycles. The van der Waals surface area contributed by atoms with Crippen LogP contribution in [0, 0.1) is 11.8 Å². The lowest BCUT2D eigenvalue weighted by Crippen LogP contribution is -2.44. The molecule has 1 saturated carbocycles. The van der Waals surface area contributed by atoms with Crippen LogP contribution in [0.5, 0.6) is 0 Å². The van der Waals surface area contributed by atoms with Crippen LogP contribution in [0.25, 0.3) is 0 Å². The number of alkyl halides is 3. The third-order valence-corrected chi connectivity index (χ3v) is 8.82. The highest BCUT2D eigenvalue weighted by Gasteiger charge is 2.37. The van der Waals surface area contributed by atoms with E-state index in [2.05, 4.69) is 32.5 Å². The van der Waals surface area contributed by atoms with Crippen molar-refractivity contribution in [1.82, 2.24) is 25.1 Å². The Morgan fingerprint density at radius 1 is 1.00 bits per heavy atom. The number of anilines is 2. The minimum absolute atomic E-state index is 0.0469. The number of carbonyl (C=O) groups is 2. The molecule has 2 N–H and O–H groups in total. The first kappa shape index (κ1) is 31.4. The summed E-state index contributed by atoms with van der Waals surface area (Å²) in [7, 11) is 3.90. The van der Waals surface area contributed by atoms with Crippen LogP contribution in [0.3, 0.4) is 0 Å². The summed E-state index contributed by atoms with van der Waals surface area (Å²) >= 11 is 0. The largest absolute Gasteiger partial charge is 0.419 e. The Bertz CT molecular complexity index is 1430. The summed E-state index contributed by atoms with van der Waals surface area (Å²) in [5, 5.41) is 5.94. The van der Waals surface area contributed by atoms with Crippen molar-refractivity contribution in [2.45, 2.75) is 57.3 Å². The molecule has 234 valence electrons. The number of aromatic nitrogens is 2. The first-order valence-corrected chi connectivity index (χ1v) is 15.1. The van der Waals surface area contributed by atoms with Gasteiger partial charge in [0.1, 0.15) is 0 Å². The number of nitrogens with zero attached hydrogens (tertiary/aromatic N) is 4. The Labute approximate surface area is 256 Å². The lowest BCUT2D eigenvalue weighted by atomic mass is 9.97. The van der Waals surface area contributed by atoms with Crippen molar-refractivity contribution in [3.05, 3.63) is 83.2 Å². The first-order chi connectivity index (χ1) is 21.1. The monoisotopic (exact) mass is 608 g/mol. The van der Waals surface area contributed by atoms with Gasteiger partial charge < -0.3 is 20.4 Å². The molecule has 2 amide bonds. The van der Waals surface area contributed by atoms with Crippen molar-refractivity contribution in [1.29, 1.82) is 0 Å². The molecular formula is C33H39F3N6O2. The summed E-state index contributed by atoms with van der Waals surface area (Å²) in [5.74, 6) is -0.430. The smallest absolute Gasteiger partial charge is 0.352 e. The normalized spacial score (nSPS) is 19.5. The number of amides is 2. The SMILES string of the molecule is CN1CCC(N(C)C(=O)c2ccc(Nc3ncc(C(F)(F)F)c(C[C@@H]4CC[C@H](C(=O)NCc5ccccc5)C4)n3)cc2)CC1. The minimum atomic E-state index is -4.60. The Kier molecular flexibility index (Phi) is 9.83. The minimum Gasteiger partial charge on any atom is -0.352 e. The molecule has 1 aliphatic heterocycles. The van der Waals surface area contributed by atoms with E-state index in [0.717, 1.165) is 37.7 Å². The summed E-state index contributed by atoms with van der Waals surface area (Å²) in [6, 6.07) is 16.6. The fourth-order valence-corrected chi connectivity index (χ4v) is 6.15. The molecule has 2 aliphatic rings. The van der Waals surface area contributed by atoms with Crippen molar-refractivity contribution >= 4 is 23.5 Å². The zero-order valence-corrected chi connectivity index (χ0v) is 25.1. The third-order valence-electron chi connectivity index (χ3n) is 8.82. The maximum absolute atomic E-state index is 13.9. The first-order valence-electron chi connectivity index (χ1n) is 15.1. The lowest BCUT2D eigenvalue weighted by Gasteiger charge is -2.35. The number of nitrogens with one attached hydrogen (secondary N) is 2. The quantitative estimate of drug-likeness (QED) is 0.325. The van der Waals surface area contributed by atoms with Crippen LogP contribution >= 0.6 is 0 Å². The molecule has 8 nitrogen and oxygen atoms in total. The van der Waals surface area contributed by atoms with Crippen molar-refractivity contribution < 1.29 is 22.8 Å². The summed E-state index contributed by atoms with van der Waals surface area (Å²) in [4.78, 5) is 38.0. The van der Waals surface area contributed by atoms with Crippen LogP contribution < -0.4 is 10.6 Å². The van der Waals surface area contributed by atoms with Crippen molar-refractivity contribution in [3.63, 3.8) is 0 Å². The summed E-state index contributed by atoms with van der Waals surface area (Å²) in [6.45, 7) is 2.32. The topological polar surface area (TPSA) is 90.5 Å². The zero-order chi connectivity index (χ0) is 31.3. The maximum Gasteiger partial charge on any atom is 0.419 e. The maximum atomic E-state index is 13.9. The molecule has 0 spiro atoms. The van der Waals surface area contributed by atoms with E-state index in [0.29, 0.717) is 37.1 Å². The highest BCUT2D eigenvalue weighted by molar-refractivity contribution is 5.94. The predicted molar refractivity (Wildman–Crippen MR) is 162 cm³/mol. The van der Waals surface area contributed by atoms with Crippen LogP contribution in [0.4, 0.5) is 24.8 Å². The number of halogens is 3. The Morgan fingerprint density at radius 3 is 2.39 bits per heavy atom. The van der Waals surface area contributed by atoms with E-state index in [1.54, 1.807) is 29.2 Å². The number of rotatable bonds is 9. The molecule has 0 radical (unpaired) electrons. The van der Waals surface area contributed by atoms with Gasteiger partial charge in [-0.05, 0) is 94.4 Å². The second-order valence-corrected chi connectivity index (χ2v) is 12.0. The molecule has 2 fully saturated rings. The number of hydrogen-bond donors (Lipinski definition) is 2. The number of hydrogen-bond acceptors (Lipinski definition) is 6. The number of likely N-dealkylation sites (tertiary alicyclic amines) is 1. The summed E-state index contributed by atoms with van der Waals surface area (Å²) < 4.78 is 41.7. The van der Waals surface area contributed by atoms with Gasteiger partial charge in [0.25, 0.3) is 5.91 Å². The molecule has 0 unspecified atom stereocenters. The molecule has 2 atom stereocenters. The Balaban J connectivity index is 1.21. The van der Waals surface area contributed by atoms with Crippen molar-refractivity contribution in [2.24, 2.45) is 11.8 Å². The van der Waals surface area contributed by atoms with Gasteiger partial charge in [-0.1, -0.05) is 30.3 Å². The van der Waals surface area contributed by atoms with Gasteiger partial charge in [-0.25, -0.2) is 9.97 Å². The van der Waals surface area contributed by atoms with E-state index in [4.69, 9.17) is 0 Å². The Hall–Kier alpha value is -3.99. The molecule has 11 heteroatoms. The molecule has 1 saturated heterocycles. The van der Waals surface area contributed by atoms with E-state index in [9.17, 15) is 22.8 Å². The predicted octanol–water partition coefficient (Wildman–Crippen LogP) is 5.68. The molecular weight excluding hydrogens is 569 g/mol. The van der Waals surface area contributed by atoms with Gasteiger partial charge >= 0.3 is 6.18 Å². The molecule has 2 aromatic carbocycles. The molecule has 44 heavy (non-hydrogen) atoms. The summed E-state index contributed by atoms with van der Waals surface area (Å²) in [6.07, 6.45) is -0.0456. The Morgan fingerprint density at radius 2 is 1.70 bits per heavy atom. The number of benzene rings is 2. The van der Waals surface area contributed by atoms with E-state index in [1.807, 2.05) is 37.4 Å². The fraction of sp³-hybridized carbons (Fsp3) is 0.455. The second-order valence-electron chi connectivity index (χ2n) is 12.0. The van der Waals surface area contributed by atoms with Gasteiger partial charge in [0, 0.05) is 43.0 Å². The molecule has 1 aliphatic carbocycles. The van der Waals surface area contributed by atoms with Crippen LogP contribution in [0.2, 0.25) is 0 Å². The van der Waals surface area contributed by atoms with Crippen LogP contribution in [-0.2, 0) is 23.9 Å². The molecule has 3 aromatic rings. The van der Waals surface area contributed by atoms with Crippen LogP contribution in [0.15, 0.2) is 60.8 Å². The van der Waals surface area contributed by atoms with E-state index in [1.165, 1.54) is 0 Å². The van der Waals surface area contributed by atoms with Gasteiger partial charge in [-0.3, -0.25) is 9.59 Å². The van der Waals surface area contributed by atoms with Gasteiger partial charge in [0.2, 0.25) is 11.9 Å². The molecule has 1 aromatic heterocycles. The van der Waals surface area contributed by atoms with E-state index in [-0.39, 0.29) is 47.8 Å². The van der Waals surface area contributed by atoms with E-state index >= 15 is 0 Å².